The normalized spacial score (nSPS) is 12.1. The molecule has 0 aliphatic heterocycles. The largest absolute Gasteiger partial charge is 0.340 e. The second-order valence-corrected chi connectivity index (χ2v) is 9.46. The number of aromatic amines is 1. The number of benzene rings is 2. The minimum atomic E-state index is -0.171. The highest BCUT2D eigenvalue weighted by atomic mass is 32.2. The summed E-state index contributed by atoms with van der Waals surface area (Å²) < 4.78 is 0. The molecule has 0 aliphatic rings. The van der Waals surface area contributed by atoms with Crippen molar-refractivity contribution in [3.05, 3.63) is 99.5 Å². The van der Waals surface area contributed by atoms with Gasteiger partial charge in [-0.25, -0.2) is 4.98 Å². The highest BCUT2D eigenvalue weighted by molar-refractivity contribution is 7.98. The van der Waals surface area contributed by atoms with Gasteiger partial charge in [0, 0.05) is 16.2 Å². The van der Waals surface area contributed by atoms with E-state index >= 15 is 0 Å². The summed E-state index contributed by atoms with van der Waals surface area (Å²) in [5.74, 6) is 1.15. The van der Waals surface area contributed by atoms with Gasteiger partial charge in [-0.1, -0.05) is 68.1 Å². The zero-order chi connectivity index (χ0) is 21.6. The first-order chi connectivity index (χ1) is 15.1. The summed E-state index contributed by atoms with van der Waals surface area (Å²) in [5, 5.41) is 12.7. The van der Waals surface area contributed by atoms with Crippen LogP contribution >= 0.6 is 23.1 Å². The van der Waals surface area contributed by atoms with Crippen LogP contribution in [0.3, 0.4) is 0 Å². The van der Waals surface area contributed by atoms with Crippen LogP contribution < -0.4 is 5.32 Å². The molecule has 0 saturated carbocycles. The molecule has 158 valence electrons. The number of hydrogen-bond acceptors (Lipinski definition) is 5. The van der Waals surface area contributed by atoms with E-state index in [4.69, 9.17) is 0 Å². The number of carbonyl (C=O) groups excluding carboxylic acids is 1. The molecule has 1 amide bonds. The van der Waals surface area contributed by atoms with Crippen LogP contribution in [0.15, 0.2) is 77.5 Å². The average molecular weight is 449 g/mol. The molecule has 2 N–H and O–H groups in total. The number of thiophene rings is 1. The Kier molecular flexibility index (Phi) is 6.84. The molecule has 2 aromatic heterocycles. The van der Waals surface area contributed by atoms with Crippen LogP contribution in [0.1, 0.15) is 57.7 Å². The zero-order valence-electron chi connectivity index (χ0n) is 17.4. The summed E-state index contributed by atoms with van der Waals surface area (Å²) in [5.41, 5.74) is 4.14. The second-order valence-electron chi connectivity index (χ2n) is 7.52. The van der Waals surface area contributed by atoms with Crippen molar-refractivity contribution in [2.75, 3.05) is 0 Å². The number of thioether (sulfide) groups is 1. The van der Waals surface area contributed by atoms with Crippen LogP contribution in [-0.2, 0) is 5.75 Å². The summed E-state index contributed by atoms with van der Waals surface area (Å²) in [6.45, 7) is 4.36. The third-order valence-electron chi connectivity index (χ3n) is 5.02. The Morgan fingerprint density at radius 3 is 2.42 bits per heavy atom. The molecular formula is C24H24N4OS2. The van der Waals surface area contributed by atoms with Gasteiger partial charge in [-0.05, 0) is 46.2 Å². The fourth-order valence-electron chi connectivity index (χ4n) is 3.23. The van der Waals surface area contributed by atoms with Crippen LogP contribution in [-0.4, -0.2) is 21.1 Å². The number of aromatic nitrogens is 3. The fraction of sp³-hybridized carbons (Fsp3) is 0.208. The monoisotopic (exact) mass is 448 g/mol. The second kappa shape index (κ2) is 9.94. The average Bonchev–Trinajstić information content (AvgIpc) is 3.51. The number of carbonyl (C=O) groups is 1. The molecule has 31 heavy (non-hydrogen) atoms. The predicted octanol–water partition coefficient (Wildman–Crippen LogP) is 5.80. The van der Waals surface area contributed by atoms with Crippen molar-refractivity contribution in [3.63, 3.8) is 0 Å². The van der Waals surface area contributed by atoms with Gasteiger partial charge in [-0.2, -0.15) is 5.10 Å². The van der Waals surface area contributed by atoms with Crippen molar-refractivity contribution in [2.24, 2.45) is 0 Å². The minimum Gasteiger partial charge on any atom is -0.340 e. The van der Waals surface area contributed by atoms with Crippen molar-refractivity contribution >= 4 is 29.0 Å². The van der Waals surface area contributed by atoms with Gasteiger partial charge in [0.15, 0.2) is 5.16 Å². The zero-order valence-corrected chi connectivity index (χ0v) is 19.0. The van der Waals surface area contributed by atoms with Gasteiger partial charge < -0.3 is 5.32 Å². The quantitative estimate of drug-likeness (QED) is 0.334. The number of rotatable bonds is 8. The molecule has 0 aliphatic carbocycles. The van der Waals surface area contributed by atoms with E-state index < -0.39 is 0 Å². The SMILES string of the molecule is CC(C)c1ccc(C(NC(=O)c2ccc(CSc3ncn[nH]3)cc2)c2cccs2)cc1. The number of nitrogens with one attached hydrogen (secondary N) is 2. The number of amides is 1. The lowest BCUT2D eigenvalue weighted by atomic mass is 9.98. The Morgan fingerprint density at radius 1 is 1.06 bits per heavy atom. The predicted molar refractivity (Wildman–Crippen MR) is 127 cm³/mol. The lowest BCUT2D eigenvalue weighted by Gasteiger charge is -2.19. The maximum atomic E-state index is 13.0. The van der Waals surface area contributed by atoms with E-state index in [0.29, 0.717) is 11.5 Å². The molecular weight excluding hydrogens is 424 g/mol. The molecule has 4 rings (SSSR count). The van der Waals surface area contributed by atoms with E-state index in [9.17, 15) is 4.79 Å². The van der Waals surface area contributed by atoms with Crippen LogP contribution in [0.5, 0.6) is 0 Å². The van der Waals surface area contributed by atoms with Gasteiger partial charge in [-0.3, -0.25) is 9.89 Å². The molecule has 0 fully saturated rings. The minimum absolute atomic E-state index is 0.0826. The van der Waals surface area contributed by atoms with Crippen molar-refractivity contribution in [1.29, 1.82) is 0 Å². The standard InChI is InChI=1S/C24H24N4OS2/c1-16(2)18-9-11-19(12-10-18)22(21-4-3-13-30-21)27-23(29)20-7-5-17(6-8-20)14-31-24-25-15-26-28-24/h3-13,15-16,22H,14H2,1-2H3,(H,27,29)(H,25,26,28). The number of nitrogens with zero attached hydrogens (tertiary/aromatic N) is 2. The van der Waals surface area contributed by atoms with Gasteiger partial charge in [0.25, 0.3) is 5.91 Å². The maximum absolute atomic E-state index is 13.0. The molecule has 0 saturated heterocycles. The molecule has 2 aromatic carbocycles. The number of hydrogen-bond donors (Lipinski definition) is 2. The van der Waals surface area contributed by atoms with E-state index in [1.807, 2.05) is 35.7 Å². The molecule has 0 radical (unpaired) electrons. The third-order valence-corrected chi connectivity index (χ3v) is 6.91. The van der Waals surface area contributed by atoms with E-state index in [0.717, 1.165) is 26.9 Å². The van der Waals surface area contributed by atoms with E-state index in [-0.39, 0.29) is 11.9 Å². The van der Waals surface area contributed by atoms with Crippen molar-refractivity contribution < 1.29 is 4.79 Å². The summed E-state index contributed by atoms with van der Waals surface area (Å²) in [4.78, 5) is 18.2. The molecule has 0 bridgehead atoms. The Labute approximate surface area is 190 Å². The number of H-pyrrole nitrogens is 1. The van der Waals surface area contributed by atoms with Gasteiger partial charge >= 0.3 is 0 Å². The topological polar surface area (TPSA) is 70.7 Å². The van der Waals surface area contributed by atoms with Crippen LogP contribution in [0.25, 0.3) is 0 Å². The lowest BCUT2D eigenvalue weighted by molar-refractivity contribution is 0.0943. The van der Waals surface area contributed by atoms with Crippen molar-refractivity contribution in [3.8, 4) is 0 Å². The molecule has 1 atom stereocenters. The Hall–Kier alpha value is -2.90. The molecule has 1 unspecified atom stereocenters. The lowest BCUT2D eigenvalue weighted by Crippen LogP contribution is -2.28. The van der Waals surface area contributed by atoms with E-state index in [2.05, 4.69) is 64.7 Å². The summed E-state index contributed by atoms with van der Waals surface area (Å²) in [6, 6.07) is 20.1. The molecule has 2 heterocycles. The first kappa shape index (κ1) is 21.3. The highest BCUT2D eigenvalue weighted by Gasteiger charge is 2.19. The van der Waals surface area contributed by atoms with Gasteiger partial charge in [-0.15, -0.1) is 11.3 Å². The van der Waals surface area contributed by atoms with Crippen LogP contribution in [0, 0.1) is 0 Å². The van der Waals surface area contributed by atoms with Crippen LogP contribution in [0.4, 0.5) is 0 Å². The molecule has 7 heteroatoms. The van der Waals surface area contributed by atoms with Gasteiger partial charge in [0.2, 0.25) is 0 Å². The van der Waals surface area contributed by atoms with Gasteiger partial charge in [0.1, 0.15) is 6.33 Å². The Balaban J connectivity index is 1.47. The Morgan fingerprint density at radius 2 is 1.81 bits per heavy atom. The summed E-state index contributed by atoms with van der Waals surface area (Å²) >= 11 is 3.23. The van der Waals surface area contributed by atoms with E-state index in [1.54, 1.807) is 23.1 Å². The first-order valence-electron chi connectivity index (χ1n) is 10.1. The fourth-order valence-corrected chi connectivity index (χ4v) is 4.77. The first-order valence-corrected chi connectivity index (χ1v) is 12.0. The maximum Gasteiger partial charge on any atom is 0.252 e. The third kappa shape index (κ3) is 5.42. The van der Waals surface area contributed by atoms with Gasteiger partial charge in [0.05, 0.1) is 6.04 Å². The summed E-state index contributed by atoms with van der Waals surface area (Å²) in [7, 11) is 0. The molecule has 5 nitrogen and oxygen atoms in total. The molecule has 4 aromatic rings. The Bertz CT molecular complexity index is 1090. The van der Waals surface area contributed by atoms with Crippen molar-refractivity contribution in [1.82, 2.24) is 20.5 Å². The van der Waals surface area contributed by atoms with E-state index in [1.165, 1.54) is 11.9 Å². The van der Waals surface area contributed by atoms with Crippen molar-refractivity contribution in [2.45, 2.75) is 36.7 Å². The molecule has 0 spiro atoms. The highest BCUT2D eigenvalue weighted by Crippen LogP contribution is 2.28. The summed E-state index contributed by atoms with van der Waals surface area (Å²) in [6.07, 6.45) is 1.50. The van der Waals surface area contributed by atoms with Crippen LogP contribution in [0.2, 0.25) is 0 Å². The smallest absolute Gasteiger partial charge is 0.252 e.